The van der Waals surface area contributed by atoms with Crippen molar-refractivity contribution >= 4 is 88.0 Å². The summed E-state index contributed by atoms with van der Waals surface area (Å²) in [5.41, 5.74) is 11.5. The van der Waals surface area contributed by atoms with E-state index in [0.29, 0.717) is 111 Å². The van der Waals surface area contributed by atoms with Crippen molar-refractivity contribution in [3.63, 3.8) is 0 Å². The van der Waals surface area contributed by atoms with Crippen LogP contribution in [-0.2, 0) is 52.2 Å². The van der Waals surface area contributed by atoms with E-state index in [4.69, 9.17) is 64.0 Å². The van der Waals surface area contributed by atoms with Crippen LogP contribution < -0.4 is 0 Å². The van der Waals surface area contributed by atoms with E-state index in [-0.39, 0.29) is 54.7 Å². The summed E-state index contributed by atoms with van der Waals surface area (Å²) in [6.07, 6.45) is 33.8. The van der Waals surface area contributed by atoms with E-state index in [2.05, 4.69) is 29.7 Å². The number of benzene rings is 3. The fraction of sp³-hybridized carbons (Fsp3) is 0.433. The Balaban J connectivity index is 0.000000131. The lowest BCUT2D eigenvalue weighted by Crippen LogP contribution is -2.50. The molecule has 9 heterocycles. The zero-order chi connectivity index (χ0) is 81.4. The van der Waals surface area contributed by atoms with Crippen LogP contribution >= 0.6 is 34.8 Å². The number of rotatable bonds is 12. The summed E-state index contributed by atoms with van der Waals surface area (Å²) in [4.78, 5) is 78.4. The number of hydrogen-bond acceptors (Lipinski definition) is 18. The molecule has 612 valence electrons. The molecule has 0 radical (unpaired) electrons. The van der Waals surface area contributed by atoms with Gasteiger partial charge in [0.15, 0.2) is 0 Å². The van der Waals surface area contributed by atoms with Gasteiger partial charge < -0.3 is 57.9 Å². The van der Waals surface area contributed by atoms with Crippen molar-refractivity contribution in [3.8, 4) is 0 Å². The van der Waals surface area contributed by atoms with E-state index in [0.717, 1.165) is 161 Å². The summed E-state index contributed by atoms with van der Waals surface area (Å²) in [5, 5.41) is 37.8. The standard InChI is InChI=1S/3C30H34ClN5O3/c3*1-30(38,26-18-32-19-34(26)2)25-16-20-6-5-11-33-27(20)28(23-10-9-21(31)17-24(23)25)35-12-14-36(15-13-35)29(37)39-22-7-3-4-8-22/h3*5-6,9-11,16-19,22,28,38H,3-4,7-8,12-15H2,1-2H3/t28-,30?;28-,30+;28-,30-/m000/s1. The lowest BCUT2D eigenvalue weighted by molar-refractivity contribution is 0.0427. The van der Waals surface area contributed by atoms with Gasteiger partial charge >= 0.3 is 18.3 Å². The van der Waals surface area contributed by atoms with Crippen LogP contribution in [0.25, 0.3) is 34.9 Å². The van der Waals surface area contributed by atoms with Gasteiger partial charge in [-0.1, -0.05) is 71.2 Å². The van der Waals surface area contributed by atoms with E-state index in [1.54, 1.807) is 58.3 Å². The Morgan fingerprint density at radius 3 is 0.880 bits per heavy atom. The number of carbonyl (C=O) groups excluding carboxylic acids is 3. The number of halogens is 3. The molecule has 3 aromatic carbocycles. The molecule has 9 aromatic rings. The molecule has 24 nitrogen and oxygen atoms in total. The van der Waals surface area contributed by atoms with Gasteiger partial charge in [-0.15, -0.1) is 0 Å². The summed E-state index contributed by atoms with van der Waals surface area (Å²) >= 11 is 19.7. The summed E-state index contributed by atoms with van der Waals surface area (Å²) in [5.74, 6) is 0. The van der Waals surface area contributed by atoms with Crippen LogP contribution in [0.15, 0.2) is 147 Å². The maximum atomic E-state index is 12.8. The minimum atomic E-state index is -1.34. The summed E-state index contributed by atoms with van der Waals surface area (Å²) < 4.78 is 22.8. The molecule has 6 aliphatic carbocycles. The van der Waals surface area contributed by atoms with Gasteiger partial charge in [-0.05, 0) is 237 Å². The Bertz CT molecular complexity index is 4720. The largest absolute Gasteiger partial charge is 0.446 e. The number of hydrogen-bond donors (Lipinski definition) is 3. The Morgan fingerprint density at radius 1 is 0.385 bits per heavy atom. The fourth-order valence-electron chi connectivity index (χ4n) is 18.9. The molecule has 3 N–H and O–H groups in total. The highest BCUT2D eigenvalue weighted by Crippen LogP contribution is 2.51. The predicted molar refractivity (Wildman–Crippen MR) is 450 cm³/mol. The molecule has 1 unspecified atom stereocenters. The molecule has 117 heavy (non-hydrogen) atoms. The normalized spacial score (nSPS) is 21.5. The second kappa shape index (κ2) is 34.4. The number of aromatic nitrogens is 9. The summed E-state index contributed by atoms with van der Waals surface area (Å²) in [6.45, 7) is 13.0. The van der Waals surface area contributed by atoms with Crippen LogP contribution in [0.4, 0.5) is 14.4 Å². The number of nitrogens with zero attached hydrogens (tertiary/aromatic N) is 15. The maximum Gasteiger partial charge on any atom is 0.410 e. The van der Waals surface area contributed by atoms with Crippen molar-refractivity contribution in [2.24, 2.45) is 21.1 Å². The highest BCUT2D eigenvalue weighted by atomic mass is 35.5. The van der Waals surface area contributed by atoms with Gasteiger partial charge in [0, 0.05) is 133 Å². The van der Waals surface area contributed by atoms with E-state index >= 15 is 0 Å². The molecule has 3 saturated carbocycles. The first-order chi connectivity index (χ1) is 56.5. The van der Waals surface area contributed by atoms with Crippen LogP contribution in [0.1, 0.15) is 200 Å². The summed E-state index contributed by atoms with van der Waals surface area (Å²) in [6, 6.07) is 29.0. The average Bonchev–Trinajstić information content (AvgIpc) is 1.61. The molecule has 0 spiro atoms. The van der Waals surface area contributed by atoms with E-state index in [1.807, 2.05) is 177 Å². The Hall–Kier alpha value is -9.60. The molecule has 6 fully saturated rings. The number of carbonyl (C=O) groups is 3. The number of fused-ring (bicyclic) bond motifs is 6. The zero-order valence-electron chi connectivity index (χ0n) is 67.2. The highest BCUT2D eigenvalue weighted by molar-refractivity contribution is 6.31. The second-order valence-corrected chi connectivity index (χ2v) is 34.1. The molecule has 27 heteroatoms. The molecular formula is C90H102Cl3N15O9. The van der Waals surface area contributed by atoms with Crippen molar-refractivity contribution < 1.29 is 43.9 Å². The van der Waals surface area contributed by atoms with E-state index in [9.17, 15) is 29.7 Å². The zero-order valence-corrected chi connectivity index (χ0v) is 69.4. The fourth-order valence-corrected chi connectivity index (χ4v) is 19.4. The first kappa shape index (κ1) is 81.2. The van der Waals surface area contributed by atoms with Crippen LogP contribution in [0.5, 0.6) is 0 Å². The SMILES string of the molecule is Cn1cncc1C(C)(O)C1=Cc2cccnc2[C@@H](N2CCN(C(=O)OC3CCCC3)CC2)c2ccc(Cl)cc21.Cn1cncc1[C@@](C)(O)C1=Cc2cccnc2[C@@H](N2CCN(C(=O)OC3CCCC3)CC2)c2ccc(Cl)cc21.Cn1cncc1[C@](C)(O)C1=Cc2cccnc2[C@@H](N2CCN(C(=O)OC3CCCC3)CC2)c2ccc(Cl)cc21. The predicted octanol–water partition coefficient (Wildman–Crippen LogP) is 15.0. The molecule has 9 aliphatic rings. The topological polar surface area (TPSA) is 251 Å². The monoisotopic (exact) mass is 1640 g/mol. The number of pyridine rings is 3. The molecule has 3 saturated heterocycles. The van der Waals surface area contributed by atoms with Gasteiger partial charge in [0.25, 0.3) is 0 Å². The van der Waals surface area contributed by atoms with Crippen LogP contribution in [0.2, 0.25) is 15.1 Å². The molecular weight excluding hydrogens is 1540 g/mol. The van der Waals surface area contributed by atoms with E-state index < -0.39 is 16.8 Å². The molecule has 18 rings (SSSR count). The number of aryl methyl sites for hydroxylation is 3. The maximum absolute atomic E-state index is 12.8. The number of aliphatic hydroxyl groups is 3. The van der Waals surface area contributed by atoms with Gasteiger partial charge in [0.05, 0.1) is 89.9 Å². The van der Waals surface area contributed by atoms with E-state index in [1.165, 1.54) is 0 Å². The molecule has 0 bridgehead atoms. The molecule has 6 atom stereocenters. The van der Waals surface area contributed by atoms with Gasteiger partial charge in [-0.25, -0.2) is 29.3 Å². The third kappa shape index (κ3) is 16.7. The number of amides is 3. The quantitative estimate of drug-likeness (QED) is 0.0961. The van der Waals surface area contributed by atoms with Crippen LogP contribution in [-0.4, -0.2) is 203 Å². The summed E-state index contributed by atoms with van der Waals surface area (Å²) in [7, 11) is 5.63. The van der Waals surface area contributed by atoms with Crippen molar-refractivity contribution in [2.75, 3.05) is 78.5 Å². The Kier molecular flexibility index (Phi) is 23.9. The third-order valence-corrected chi connectivity index (χ3v) is 25.8. The third-order valence-electron chi connectivity index (χ3n) is 25.1. The van der Waals surface area contributed by atoms with Gasteiger partial charge in [-0.3, -0.25) is 29.7 Å². The first-order valence-electron chi connectivity index (χ1n) is 41.1. The Morgan fingerprint density at radius 2 is 0.641 bits per heavy atom. The molecule has 6 aromatic heterocycles. The lowest BCUT2D eigenvalue weighted by atomic mass is 9.84. The van der Waals surface area contributed by atoms with Gasteiger partial charge in [0.1, 0.15) is 35.1 Å². The van der Waals surface area contributed by atoms with Gasteiger partial charge in [-0.2, -0.15) is 0 Å². The minimum Gasteiger partial charge on any atom is -0.446 e. The highest BCUT2D eigenvalue weighted by Gasteiger charge is 2.45. The first-order valence-corrected chi connectivity index (χ1v) is 42.2. The number of piperazine rings is 3. The van der Waals surface area contributed by atoms with Crippen molar-refractivity contribution in [1.82, 2.24) is 73.0 Å². The minimum absolute atomic E-state index is 0.0572. The second-order valence-electron chi connectivity index (χ2n) is 32.8. The van der Waals surface area contributed by atoms with Crippen LogP contribution in [0, 0.1) is 0 Å². The van der Waals surface area contributed by atoms with Crippen LogP contribution in [0.3, 0.4) is 0 Å². The van der Waals surface area contributed by atoms with Crippen molar-refractivity contribution in [2.45, 2.75) is 151 Å². The number of imidazole rings is 3. The molecule has 3 aliphatic heterocycles. The smallest absolute Gasteiger partial charge is 0.410 e. The van der Waals surface area contributed by atoms with Crippen molar-refractivity contribution in [3.05, 3.63) is 246 Å². The number of ether oxygens (including phenoxy) is 3. The lowest BCUT2D eigenvalue weighted by Gasteiger charge is -2.39. The Labute approximate surface area is 698 Å². The van der Waals surface area contributed by atoms with Crippen molar-refractivity contribution in [1.29, 1.82) is 0 Å². The van der Waals surface area contributed by atoms with Gasteiger partial charge in [0.2, 0.25) is 0 Å². The average molecular weight is 1640 g/mol. The molecule has 3 amide bonds.